The molecule has 0 radical (unpaired) electrons. The molecule has 0 unspecified atom stereocenters. The van der Waals surface area contributed by atoms with Crippen molar-refractivity contribution in [3.63, 3.8) is 0 Å². The second kappa shape index (κ2) is 10.8. The monoisotopic (exact) mass is 283 g/mol. The predicted octanol–water partition coefficient (Wildman–Crippen LogP) is 2.95. The van der Waals surface area contributed by atoms with Crippen LogP contribution in [0.1, 0.15) is 64.7 Å². The molecule has 1 rings (SSSR count). The molecule has 0 aromatic carbocycles. The lowest BCUT2D eigenvalue weighted by Crippen LogP contribution is -2.44. The van der Waals surface area contributed by atoms with Gasteiger partial charge in [0, 0.05) is 19.5 Å². The molecule has 4 nitrogen and oxygen atoms in total. The van der Waals surface area contributed by atoms with Crippen molar-refractivity contribution >= 4 is 11.7 Å². The van der Waals surface area contributed by atoms with Crippen LogP contribution in [0, 0.1) is 0 Å². The molecule has 1 amide bonds. The van der Waals surface area contributed by atoms with Gasteiger partial charge in [0.1, 0.15) is 0 Å². The number of carbonyl (C=O) groups is 2. The molecule has 116 valence electrons. The van der Waals surface area contributed by atoms with E-state index in [1.165, 1.54) is 38.5 Å². The van der Waals surface area contributed by atoms with Gasteiger partial charge in [0.25, 0.3) is 5.91 Å². The summed E-state index contributed by atoms with van der Waals surface area (Å²) in [5, 5.41) is 0. The first kappa shape index (κ1) is 17.2. The highest BCUT2D eigenvalue weighted by molar-refractivity contribution is 6.36. The maximum absolute atomic E-state index is 11.9. The van der Waals surface area contributed by atoms with Gasteiger partial charge in [0.2, 0.25) is 5.78 Å². The Hall–Kier alpha value is -0.900. The predicted molar refractivity (Wildman–Crippen MR) is 79.6 cm³/mol. The molecule has 0 aromatic heterocycles. The van der Waals surface area contributed by atoms with Crippen molar-refractivity contribution < 1.29 is 14.3 Å². The highest BCUT2D eigenvalue weighted by Crippen LogP contribution is 2.10. The average molecular weight is 283 g/mol. The largest absolute Gasteiger partial charge is 0.378 e. The topological polar surface area (TPSA) is 46.6 Å². The first-order valence-electron chi connectivity index (χ1n) is 8.15. The van der Waals surface area contributed by atoms with E-state index in [4.69, 9.17) is 4.74 Å². The number of Topliss-reactive ketones (excluding diaryl/α,β-unsaturated/α-hetero) is 1. The van der Waals surface area contributed by atoms with Crippen LogP contribution in [0.2, 0.25) is 0 Å². The smallest absolute Gasteiger partial charge is 0.290 e. The summed E-state index contributed by atoms with van der Waals surface area (Å²) in [7, 11) is 0. The third kappa shape index (κ3) is 7.04. The number of hydrogen-bond donors (Lipinski definition) is 0. The number of hydrogen-bond acceptors (Lipinski definition) is 3. The van der Waals surface area contributed by atoms with Crippen LogP contribution in [-0.4, -0.2) is 42.9 Å². The third-order valence-corrected chi connectivity index (χ3v) is 3.79. The molecule has 1 heterocycles. The Bertz CT molecular complexity index is 285. The number of amides is 1. The molecule has 1 aliphatic rings. The second-order valence-corrected chi connectivity index (χ2v) is 5.55. The minimum atomic E-state index is -0.309. The summed E-state index contributed by atoms with van der Waals surface area (Å²) in [4.78, 5) is 25.3. The van der Waals surface area contributed by atoms with Gasteiger partial charge in [-0.3, -0.25) is 9.59 Å². The van der Waals surface area contributed by atoms with Gasteiger partial charge < -0.3 is 9.64 Å². The number of morpholine rings is 1. The van der Waals surface area contributed by atoms with E-state index in [1.807, 2.05) is 0 Å². The van der Waals surface area contributed by atoms with Crippen LogP contribution in [0.15, 0.2) is 0 Å². The Labute approximate surface area is 122 Å². The number of nitrogens with zero attached hydrogens (tertiary/aromatic N) is 1. The number of ether oxygens (including phenoxy) is 1. The summed E-state index contributed by atoms with van der Waals surface area (Å²) in [6.07, 6.45) is 9.99. The molecule has 0 bridgehead atoms. The van der Waals surface area contributed by atoms with Crippen molar-refractivity contribution in [3.05, 3.63) is 0 Å². The molecule has 4 heteroatoms. The van der Waals surface area contributed by atoms with Crippen LogP contribution in [-0.2, 0) is 14.3 Å². The minimum absolute atomic E-state index is 0.224. The van der Waals surface area contributed by atoms with Gasteiger partial charge in [0.15, 0.2) is 0 Å². The molecule has 20 heavy (non-hydrogen) atoms. The zero-order chi connectivity index (χ0) is 14.6. The van der Waals surface area contributed by atoms with Gasteiger partial charge in [-0.2, -0.15) is 0 Å². The standard InChI is InChI=1S/C16H29NO3/c1-2-3-4-5-6-7-8-9-10-15(18)16(19)17-11-13-20-14-12-17/h2-14H2,1H3. The molecule has 1 fully saturated rings. The van der Waals surface area contributed by atoms with E-state index in [2.05, 4.69) is 6.92 Å². The van der Waals surface area contributed by atoms with Crippen molar-refractivity contribution in [2.24, 2.45) is 0 Å². The quantitative estimate of drug-likeness (QED) is 0.457. The summed E-state index contributed by atoms with van der Waals surface area (Å²) in [6, 6.07) is 0. The number of unbranched alkanes of at least 4 members (excludes halogenated alkanes) is 7. The Morgan fingerprint density at radius 2 is 1.45 bits per heavy atom. The van der Waals surface area contributed by atoms with Gasteiger partial charge in [-0.25, -0.2) is 0 Å². The van der Waals surface area contributed by atoms with Crippen LogP contribution in [0.25, 0.3) is 0 Å². The van der Waals surface area contributed by atoms with Crippen molar-refractivity contribution in [2.75, 3.05) is 26.3 Å². The highest BCUT2D eigenvalue weighted by Gasteiger charge is 2.22. The summed E-state index contributed by atoms with van der Waals surface area (Å²) in [5.41, 5.74) is 0. The van der Waals surface area contributed by atoms with Crippen LogP contribution in [0.3, 0.4) is 0 Å². The Morgan fingerprint density at radius 3 is 2.05 bits per heavy atom. The minimum Gasteiger partial charge on any atom is -0.378 e. The number of rotatable bonds is 10. The lowest BCUT2D eigenvalue weighted by atomic mass is 10.1. The van der Waals surface area contributed by atoms with Crippen molar-refractivity contribution in [3.8, 4) is 0 Å². The number of carbonyl (C=O) groups excluding carboxylic acids is 2. The molecule has 0 saturated carbocycles. The van der Waals surface area contributed by atoms with E-state index in [-0.39, 0.29) is 11.7 Å². The average Bonchev–Trinajstić information content (AvgIpc) is 2.50. The van der Waals surface area contributed by atoms with E-state index in [0.29, 0.717) is 32.7 Å². The molecule has 1 saturated heterocycles. The van der Waals surface area contributed by atoms with Gasteiger partial charge in [-0.15, -0.1) is 0 Å². The second-order valence-electron chi connectivity index (χ2n) is 5.55. The van der Waals surface area contributed by atoms with E-state index >= 15 is 0 Å². The van der Waals surface area contributed by atoms with Crippen molar-refractivity contribution in [2.45, 2.75) is 64.7 Å². The van der Waals surface area contributed by atoms with E-state index in [0.717, 1.165) is 12.8 Å². The molecular weight excluding hydrogens is 254 g/mol. The Balaban J connectivity index is 2.00. The SMILES string of the molecule is CCCCCCCCCCC(=O)C(=O)N1CCOCC1. The first-order valence-corrected chi connectivity index (χ1v) is 8.15. The maximum atomic E-state index is 11.9. The summed E-state index contributed by atoms with van der Waals surface area (Å²) < 4.78 is 5.18. The fourth-order valence-corrected chi connectivity index (χ4v) is 2.47. The van der Waals surface area contributed by atoms with Gasteiger partial charge in [0.05, 0.1) is 13.2 Å². The van der Waals surface area contributed by atoms with Crippen molar-refractivity contribution in [1.82, 2.24) is 4.90 Å². The van der Waals surface area contributed by atoms with Gasteiger partial charge >= 0.3 is 0 Å². The number of ketones is 1. The lowest BCUT2D eigenvalue weighted by Gasteiger charge is -2.26. The van der Waals surface area contributed by atoms with Crippen molar-refractivity contribution in [1.29, 1.82) is 0 Å². The molecule has 0 aliphatic carbocycles. The van der Waals surface area contributed by atoms with Gasteiger partial charge in [-0.05, 0) is 6.42 Å². The van der Waals surface area contributed by atoms with Crippen LogP contribution < -0.4 is 0 Å². The Morgan fingerprint density at radius 1 is 0.900 bits per heavy atom. The van der Waals surface area contributed by atoms with Crippen LogP contribution in [0.5, 0.6) is 0 Å². The normalized spacial score (nSPS) is 15.3. The molecule has 0 spiro atoms. The van der Waals surface area contributed by atoms with E-state index in [9.17, 15) is 9.59 Å². The Kier molecular flexibility index (Phi) is 9.29. The van der Waals surface area contributed by atoms with Gasteiger partial charge in [-0.1, -0.05) is 51.9 Å². The third-order valence-electron chi connectivity index (χ3n) is 3.79. The van der Waals surface area contributed by atoms with Crippen LogP contribution >= 0.6 is 0 Å². The molecule has 0 atom stereocenters. The fourth-order valence-electron chi connectivity index (χ4n) is 2.47. The van der Waals surface area contributed by atoms with Crippen LogP contribution in [0.4, 0.5) is 0 Å². The van der Waals surface area contributed by atoms with E-state index < -0.39 is 0 Å². The maximum Gasteiger partial charge on any atom is 0.290 e. The summed E-state index contributed by atoms with van der Waals surface area (Å²) in [6.45, 7) is 4.44. The van der Waals surface area contributed by atoms with E-state index in [1.54, 1.807) is 4.90 Å². The molecule has 0 N–H and O–H groups in total. The molecular formula is C16H29NO3. The molecule has 0 aromatic rings. The molecule has 1 aliphatic heterocycles. The highest BCUT2D eigenvalue weighted by atomic mass is 16.5. The fraction of sp³-hybridized carbons (Fsp3) is 0.875. The zero-order valence-corrected chi connectivity index (χ0v) is 12.9. The lowest BCUT2D eigenvalue weighted by molar-refractivity contribution is -0.147. The first-order chi connectivity index (χ1) is 9.75. The summed E-state index contributed by atoms with van der Waals surface area (Å²) >= 11 is 0. The summed E-state index contributed by atoms with van der Waals surface area (Å²) in [5.74, 6) is -0.533. The zero-order valence-electron chi connectivity index (χ0n) is 12.9.